The first-order valence-corrected chi connectivity index (χ1v) is 19.0. The van der Waals surface area contributed by atoms with Gasteiger partial charge in [-0.2, -0.15) is 5.06 Å². The van der Waals surface area contributed by atoms with Crippen LogP contribution in [-0.2, 0) is 21.0 Å². The Hall–Kier alpha value is -3.64. The first-order chi connectivity index (χ1) is 24.9. The van der Waals surface area contributed by atoms with Gasteiger partial charge in [0, 0.05) is 40.9 Å². The smallest absolute Gasteiger partial charge is 0.251 e. The number of hydroxylamine groups is 2. The van der Waals surface area contributed by atoms with Gasteiger partial charge < -0.3 is 25.4 Å². The molecule has 6 rings (SSSR count). The molecule has 0 unspecified atom stereocenters. The summed E-state index contributed by atoms with van der Waals surface area (Å²) in [6, 6.07) is 9.51. The number of para-hydroxylation sites is 1. The molecule has 2 bridgehead atoms. The number of likely N-dealkylation sites (N-methyl/N-ethyl adjacent to an activating group) is 1. The van der Waals surface area contributed by atoms with Crippen molar-refractivity contribution < 1.29 is 33.9 Å². The Morgan fingerprint density at radius 3 is 2.43 bits per heavy atom. The number of benzene rings is 2. The molecule has 3 aliphatic carbocycles. The minimum absolute atomic E-state index is 0.0102. The maximum Gasteiger partial charge on any atom is 0.251 e. The molecule has 3 saturated carbocycles. The lowest BCUT2D eigenvalue weighted by Crippen LogP contribution is -2.62. The summed E-state index contributed by atoms with van der Waals surface area (Å²) in [4.78, 5) is 61.3. The van der Waals surface area contributed by atoms with E-state index in [9.17, 15) is 24.3 Å². The third-order valence-electron chi connectivity index (χ3n) is 12.0. The standard InChI is InChI=1S/C42H60N4O7/c1-24-33-17-30(42(33,6)7)18-34(24)44-40(51)37-36(25(2)49)35(23-48)53-46(37)20-27-12-11-13-32(38(27)52-10)28-14-26(22-47)15-29(16-28)39(50)43-31(21-45(8)9)19-41(3,4)5/h11-16,22,24,30-31,33-37,48H,17-21,23H2,1-10H3,(H,43,50)(H,44,51)/t24-,30+,31-,33-,34-,35-,36+,37-/m0/s1. The van der Waals surface area contributed by atoms with Crippen molar-refractivity contribution in [3.05, 3.63) is 53.1 Å². The lowest BCUT2D eigenvalue weighted by Gasteiger charge is -2.62. The molecule has 1 aliphatic heterocycles. The summed E-state index contributed by atoms with van der Waals surface area (Å²) in [5, 5.41) is 18.2. The van der Waals surface area contributed by atoms with Gasteiger partial charge in [-0.05, 0) is 92.6 Å². The van der Waals surface area contributed by atoms with Crippen LogP contribution in [0.15, 0.2) is 36.4 Å². The number of fused-ring (bicyclic) bond motifs is 2. The lowest BCUT2D eigenvalue weighted by atomic mass is 9.45. The predicted molar refractivity (Wildman–Crippen MR) is 204 cm³/mol. The van der Waals surface area contributed by atoms with Crippen molar-refractivity contribution in [3.63, 3.8) is 0 Å². The van der Waals surface area contributed by atoms with E-state index in [2.05, 4.69) is 52.2 Å². The van der Waals surface area contributed by atoms with Crippen molar-refractivity contribution in [1.29, 1.82) is 0 Å². The molecule has 1 heterocycles. The molecular weight excluding hydrogens is 672 g/mol. The summed E-state index contributed by atoms with van der Waals surface area (Å²) in [7, 11) is 5.48. The largest absolute Gasteiger partial charge is 0.496 e. The van der Waals surface area contributed by atoms with Crippen molar-refractivity contribution in [3.8, 4) is 16.9 Å². The zero-order chi connectivity index (χ0) is 39.0. The van der Waals surface area contributed by atoms with E-state index in [0.29, 0.717) is 57.9 Å². The highest BCUT2D eigenvalue weighted by Crippen LogP contribution is 2.61. The molecule has 1 saturated heterocycles. The van der Waals surface area contributed by atoms with Crippen molar-refractivity contribution in [2.24, 2.45) is 34.5 Å². The first-order valence-electron chi connectivity index (χ1n) is 19.0. The van der Waals surface area contributed by atoms with E-state index in [-0.39, 0.29) is 47.1 Å². The van der Waals surface area contributed by atoms with Crippen LogP contribution in [0, 0.1) is 34.5 Å². The number of aliphatic hydroxyl groups is 1. The predicted octanol–water partition coefficient (Wildman–Crippen LogP) is 5.14. The number of aliphatic hydroxyl groups excluding tert-OH is 1. The maximum atomic E-state index is 14.2. The highest BCUT2D eigenvalue weighted by atomic mass is 16.7. The van der Waals surface area contributed by atoms with Crippen LogP contribution in [0.5, 0.6) is 5.75 Å². The number of hydrogen-bond acceptors (Lipinski definition) is 9. The topological polar surface area (TPSA) is 138 Å². The second kappa shape index (κ2) is 16.0. The second-order valence-corrected chi connectivity index (χ2v) is 17.7. The number of ketones is 1. The number of carbonyl (C=O) groups is 4. The van der Waals surface area contributed by atoms with E-state index in [4.69, 9.17) is 9.57 Å². The molecule has 0 radical (unpaired) electrons. The number of ether oxygens (including phenoxy) is 1. The fraction of sp³-hybridized carbons (Fsp3) is 0.619. The normalized spacial score (nSPS) is 27.1. The number of methoxy groups -OCH3 is 1. The zero-order valence-electron chi connectivity index (χ0n) is 33.2. The Labute approximate surface area is 315 Å². The number of rotatable bonds is 14. The number of aldehydes is 1. The number of hydrogen-bond donors (Lipinski definition) is 3. The van der Waals surface area contributed by atoms with Crippen LogP contribution in [0.2, 0.25) is 0 Å². The van der Waals surface area contributed by atoms with Gasteiger partial charge in [0.25, 0.3) is 5.91 Å². The van der Waals surface area contributed by atoms with Gasteiger partial charge in [-0.3, -0.25) is 24.0 Å². The summed E-state index contributed by atoms with van der Waals surface area (Å²) in [5.74, 6) is 0.160. The zero-order valence-corrected chi connectivity index (χ0v) is 33.2. The average molecular weight is 733 g/mol. The molecule has 0 spiro atoms. The van der Waals surface area contributed by atoms with Gasteiger partial charge in [-0.25, -0.2) is 0 Å². The van der Waals surface area contributed by atoms with Crippen LogP contribution in [0.4, 0.5) is 0 Å². The Morgan fingerprint density at radius 1 is 1.15 bits per heavy atom. The van der Waals surface area contributed by atoms with E-state index >= 15 is 0 Å². The van der Waals surface area contributed by atoms with Gasteiger partial charge in [0.15, 0.2) is 0 Å². The summed E-state index contributed by atoms with van der Waals surface area (Å²) in [6.07, 6.45) is 2.67. The molecular formula is C42H60N4O7. The van der Waals surface area contributed by atoms with E-state index in [1.807, 2.05) is 37.2 Å². The lowest BCUT2D eigenvalue weighted by molar-refractivity contribution is -0.183. The van der Waals surface area contributed by atoms with Crippen LogP contribution < -0.4 is 15.4 Å². The Morgan fingerprint density at radius 2 is 1.87 bits per heavy atom. The molecule has 11 heteroatoms. The SMILES string of the molecule is COc1c(CN2O[C@@H](CO)[C@@H](C(C)=O)[C@H]2C(=O)N[C@H]2C[C@H]3C[C@@H]([C@@H]2C)C3(C)C)cccc1-c1cc(C=O)cc(C(=O)N[C@H](CN(C)C)CC(C)(C)C)c1. The van der Waals surface area contributed by atoms with E-state index in [1.54, 1.807) is 25.3 Å². The van der Waals surface area contributed by atoms with Crippen molar-refractivity contribution in [2.75, 3.05) is 34.4 Å². The summed E-state index contributed by atoms with van der Waals surface area (Å²) in [6.45, 7) is 15.0. The minimum Gasteiger partial charge on any atom is -0.496 e. The number of nitrogens with zero attached hydrogens (tertiary/aromatic N) is 2. The van der Waals surface area contributed by atoms with Crippen LogP contribution in [-0.4, -0.2) is 97.5 Å². The highest BCUT2D eigenvalue weighted by molar-refractivity contribution is 5.98. The summed E-state index contributed by atoms with van der Waals surface area (Å²) < 4.78 is 5.98. The molecule has 290 valence electrons. The number of nitrogens with one attached hydrogen (secondary N) is 2. The number of carbonyl (C=O) groups excluding carboxylic acids is 4. The molecule has 3 N–H and O–H groups in total. The highest BCUT2D eigenvalue weighted by Gasteiger charge is 2.57. The Bertz CT molecular complexity index is 1680. The Kier molecular flexibility index (Phi) is 12.2. The fourth-order valence-corrected chi connectivity index (χ4v) is 9.32. The third kappa shape index (κ3) is 8.69. The van der Waals surface area contributed by atoms with Gasteiger partial charge in [0.1, 0.15) is 30.0 Å². The van der Waals surface area contributed by atoms with Gasteiger partial charge in [0.05, 0.1) is 26.2 Å². The van der Waals surface area contributed by atoms with Gasteiger partial charge in [0.2, 0.25) is 5.91 Å². The summed E-state index contributed by atoms with van der Waals surface area (Å²) >= 11 is 0. The molecule has 11 nitrogen and oxygen atoms in total. The van der Waals surface area contributed by atoms with Crippen molar-refractivity contribution in [1.82, 2.24) is 20.6 Å². The molecule has 8 atom stereocenters. The number of Topliss-reactive ketones (excluding diaryl/α,β-unsaturated/α-hetero) is 1. The summed E-state index contributed by atoms with van der Waals surface area (Å²) in [5.41, 5.74) is 2.85. The third-order valence-corrected chi connectivity index (χ3v) is 12.0. The fourth-order valence-electron chi connectivity index (χ4n) is 9.32. The quantitative estimate of drug-likeness (QED) is 0.226. The second-order valence-electron chi connectivity index (χ2n) is 17.7. The monoisotopic (exact) mass is 732 g/mol. The van der Waals surface area contributed by atoms with Gasteiger partial charge in [-0.15, -0.1) is 0 Å². The molecule has 4 aliphatic rings. The van der Waals surface area contributed by atoms with Crippen molar-refractivity contribution in [2.45, 2.75) is 98.5 Å². The van der Waals surface area contributed by atoms with Gasteiger partial charge >= 0.3 is 0 Å². The van der Waals surface area contributed by atoms with Gasteiger partial charge in [-0.1, -0.05) is 59.7 Å². The minimum atomic E-state index is -0.964. The average Bonchev–Trinajstić information content (AvgIpc) is 3.46. The van der Waals surface area contributed by atoms with Crippen molar-refractivity contribution >= 4 is 23.9 Å². The molecule has 2 amide bonds. The van der Waals surface area contributed by atoms with Crippen LogP contribution >= 0.6 is 0 Å². The first kappa shape index (κ1) is 40.5. The van der Waals surface area contributed by atoms with E-state index in [0.717, 1.165) is 19.1 Å². The van der Waals surface area contributed by atoms with Crippen LogP contribution in [0.25, 0.3) is 11.1 Å². The van der Waals surface area contributed by atoms with E-state index < -0.39 is 24.7 Å². The molecule has 4 fully saturated rings. The molecule has 2 aromatic rings. The molecule has 53 heavy (non-hydrogen) atoms. The maximum absolute atomic E-state index is 14.2. The molecule has 0 aromatic heterocycles. The van der Waals surface area contributed by atoms with Crippen LogP contribution in [0.1, 0.15) is 94.0 Å². The molecule has 2 aromatic carbocycles. The van der Waals surface area contributed by atoms with E-state index in [1.165, 1.54) is 18.4 Å². The van der Waals surface area contributed by atoms with Crippen LogP contribution in [0.3, 0.4) is 0 Å². The Balaban J connectivity index is 1.44. The number of amides is 2.